The van der Waals surface area contributed by atoms with Crippen LogP contribution in [0, 0.1) is 0 Å². The second-order valence-corrected chi connectivity index (χ2v) is 5.95. The lowest BCUT2D eigenvalue weighted by Crippen LogP contribution is -2.33. The van der Waals surface area contributed by atoms with Crippen LogP contribution in [0.25, 0.3) is 0 Å². The normalized spacial score (nSPS) is 19.1. The minimum atomic E-state index is -0.472. The van der Waals surface area contributed by atoms with E-state index in [4.69, 9.17) is 16.3 Å². The molecule has 1 aromatic carbocycles. The summed E-state index contributed by atoms with van der Waals surface area (Å²) in [5.74, 6) is 0. The Labute approximate surface area is 126 Å². The number of aliphatic hydroxyl groups is 1. The van der Waals surface area contributed by atoms with Gasteiger partial charge in [-0.15, -0.1) is 0 Å². The summed E-state index contributed by atoms with van der Waals surface area (Å²) in [7, 11) is 0. The van der Waals surface area contributed by atoms with Gasteiger partial charge in [0.2, 0.25) is 0 Å². The molecule has 0 aliphatic heterocycles. The largest absolute Gasteiger partial charge is 0.389 e. The molecule has 2 rings (SSSR count). The quantitative estimate of drug-likeness (QED) is 0.811. The fourth-order valence-electron chi connectivity index (χ4n) is 2.61. The number of rotatable bonds is 7. The Kier molecular flexibility index (Phi) is 6.30. The van der Waals surface area contributed by atoms with Crippen LogP contribution in [0.5, 0.6) is 0 Å². The fraction of sp³-hybridized carbons (Fsp3) is 0.625. The van der Waals surface area contributed by atoms with E-state index in [9.17, 15) is 5.11 Å². The molecule has 1 aliphatic carbocycles. The first-order chi connectivity index (χ1) is 9.66. The topological polar surface area (TPSA) is 41.5 Å². The zero-order valence-electron chi connectivity index (χ0n) is 12.0. The number of halogens is 1. The van der Waals surface area contributed by atoms with E-state index in [0.717, 1.165) is 23.4 Å². The average molecular weight is 298 g/mol. The van der Waals surface area contributed by atoms with Gasteiger partial charge < -0.3 is 15.2 Å². The van der Waals surface area contributed by atoms with Crippen molar-refractivity contribution in [2.45, 2.75) is 50.9 Å². The van der Waals surface area contributed by atoms with Crippen LogP contribution in [0.1, 0.15) is 44.2 Å². The first-order valence-corrected chi connectivity index (χ1v) is 7.82. The first-order valence-electron chi connectivity index (χ1n) is 7.44. The van der Waals surface area contributed by atoms with E-state index in [-0.39, 0.29) is 6.04 Å². The molecule has 3 nitrogen and oxygen atoms in total. The summed E-state index contributed by atoms with van der Waals surface area (Å²) in [6, 6.07) is 7.89. The van der Waals surface area contributed by atoms with Gasteiger partial charge in [0.25, 0.3) is 0 Å². The van der Waals surface area contributed by atoms with Crippen molar-refractivity contribution < 1.29 is 9.84 Å². The van der Waals surface area contributed by atoms with Crippen LogP contribution in [0.15, 0.2) is 24.3 Å². The maximum atomic E-state index is 9.95. The third-order valence-electron chi connectivity index (χ3n) is 3.86. The van der Waals surface area contributed by atoms with Gasteiger partial charge in [-0.2, -0.15) is 0 Å². The van der Waals surface area contributed by atoms with Crippen molar-refractivity contribution in [2.75, 3.05) is 13.2 Å². The summed E-state index contributed by atoms with van der Waals surface area (Å²) in [6.07, 6.45) is 4.66. The molecule has 4 heteroatoms. The first kappa shape index (κ1) is 15.8. The Hall–Kier alpha value is -0.610. The third kappa shape index (κ3) is 4.74. The number of benzene rings is 1. The molecular formula is C16H24ClNO2. The van der Waals surface area contributed by atoms with Gasteiger partial charge in [0.15, 0.2) is 0 Å². The summed E-state index contributed by atoms with van der Waals surface area (Å²) in [4.78, 5) is 0. The average Bonchev–Trinajstić information content (AvgIpc) is 2.96. The van der Waals surface area contributed by atoms with Crippen molar-refractivity contribution >= 4 is 11.6 Å². The smallest absolute Gasteiger partial charge is 0.0898 e. The number of nitrogens with one attached hydrogen (secondary N) is 1. The van der Waals surface area contributed by atoms with Crippen LogP contribution in [0.2, 0.25) is 5.02 Å². The highest BCUT2D eigenvalue weighted by atomic mass is 35.5. The fourth-order valence-corrected chi connectivity index (χ4v) is 2.91. The lowest BCUT2D eigenvalue weighted by molar-refractivity contribution is -0.00610. The number of ether oxygens (including phenoxy) is 1. The Morgan fingerprint density at radius 3 is 2.75 bits per heavy atom. The zero-order chi connectivity index (χ0) is 14.4. The predicted octanol–water partition coefficient (Wildman–Crippen LogP) is 3.31. The number of aliphatic hydroxyl groups excluding tert-OH is 1. The number of hydrogen-bond acceptors (Lipinski definition) is 3. The van der Waals surface area contributed by atoms with Crippen molar-refractivity contribution in [1.29, 1.82) is 0 Å². The van der Waals surface area contributed by atoms with Crippen molar-refractivity contribution in [3.63, 3.8) is 0 Å². The molecule has 1 unspecified atom stereocenters. The second kappa shape index (κ2) is 7.99. The van der Waals surface area contributed by atoms with Crippen LogP contribution < -0.4 is 5.32 Å². The van der Waals surface area contributed by atoms with Crippen molar-refractivity contribution in [3.05, 3.63) is 34.9 Å². The molecule has 0 saturated heterocycles. The van der Waals surface area contributed by atoms with E-state index < -0.39 is 6.10 Å². The van der Waals surface area contributed by atoms with Crippen LogP contribution in [-0.4, -0.2) is 30.5 Å². The molecule has 1 saturated carbocycles. The molecule has 0 heterocycles. The zero-order valence-corrected chi connectivity index (χ0v) is 12.8. The molecule has 2 atom stereocenters. The highest BCUT2D eigenvalue weighted by Gasteiger charge is 2.17. The summed E-state index contributed by atoms with van der Waals surface area (Å²) in [5, 5.41) is 14.0. The van der Waals surface area contributed by atoms with Crippen molar-refractivity contribution in [3.8, 4) is 0 Å². The van der Waals surface area contributed by atoms with Gasteiger partial charge >= 0.3 is 0 Å². The molecule has 0 aromatic heterocycles. The van der Waals surface area contributed by atoms with Crippen LogP contribution in [0.4, 0.5) is 0 Å². The third-order valence-corrected chi connectivity index (χ3v) is 4.20. The Morgan fingerprint density at radius 1 is 1.35 bits per heavy atom. The molecule has 20 heavy (non-hydrogen) atoms. The summed E-state index contributed by atoms with van der Waals surface area (Å²) in [6.45, 7) is 2.97. The summed E-state index contributed by atoms with van der Waals surface area (Å²) < 4.78 is 5.71. The van der Waals surface area contributed by atoms with Crippen LogP contribution in [-0.2, 0) is 4.74 Å². The van der Waals surface area contributed by atoms with Gasteiger partial charge in [-0.05, 0) is 31.4 Å². The van der Waals surface area contributed by atoms with Gasteiger partial charge in [0.05, 0.1) is 18.8 Å². The lowest BCUT2D eigenvalue weighted by Gasteiger charge is -2.20. The van der Waals surface area contributed by atoms with Crippen molar-refractivity contribution in [2.24, 2.45) is 0 Å². The maximum absolute atomic E-state index is 9.95. The standard InChI is InChI=1S/C16H24ClNO2/c1-12(15-8-4-5-9-16(15)17)18-10-13(19)11-20-14-6-2-3-7-14/h4-5,8-9,12-14,18-19H,2-3,6-7,10-11H2,1H3/t12-,13?/m1/s1. The van der Waals surface area contributed by atoms with Gasteiger partial charge in [0, 0.05) is 17.6 Å². The maximum Gasteiger partial charge on any atom is 0.0898 e. The molecule has 1 aliphatic rings. The van der Waals surface area contributed by atoms with E-state index in [1.807, 2.05) is 31.2 Å². The molecule has 112 valence electrons. The number of hydrogen-bond donors (Lipinski definition) is 2. The Morgan fingerprint density at radius 2 is 2.05 bits per heavy atom. The van der Waals surface area contributed by atoms with E-state index in [1.54, 1.807) is 0 Å². The summed E-state index contributed by atoms with van der Waals surface area (Å²) >= 11 is 6.15. The molecule has 2 N–H and O–H groups in total. The van der Waals surface area contributed by atoms with Gasteiger partial charge in [-0.1, -0.05) is 42.6 Å². The minimum absolute atomic E-state index is 0.116. The van der Waals surface area contributed by atoms with Gasteiger partial charge in [0.1, 0.15) is 0 Å². The lowest BCUT2D eigenvalue weighted by atomic mass is 10.1. The molecule has 0 bridgehead atoms. The predicted molar refractivity (Wildman–Crippen MR) is 82.1 cm³/mol. The second-order valence-electron chi connectivity index (χ2n) is 5.55. The summed E-state index contributed by atoms with van der Waals surface area (Å²) in [5.41, 5.74) is 1.05. The van der Waals surface area contributed by atoms with E-state index in [2.05, 4.69) is 5.32 Å². The molecule has 0 radical (unpaired) electrons. The van der Waals surface area contributed by atoms with E-state index in [0.29, 0.717) is 19.3 Å². The SMILES string of the molecule is C[C@@H](NCC(O)COC1CCCC1)c1ccccc1Cl. The Balaban J connectivity index is 1.69. The highest BCUT2D eigenvalue weighted by molar-refractivity contribution is 6.31. The van der Waals surface area contributed by atoms with Gasteiger partial charge in [-0.3, -0.25) is 0 Å². The van der Waals surface area contributed by atoms with Gasteiger partial charge in [-0.25, -0.2) is 0 Å². The van der Waals surface area contributed by atoms with Crippen LogP contribution in [0.3, 0.4) is 0 Å². The minimum Gasteiger partial charge on any atom is -0.389 e. The van der Waals surface area contributed by atoms with E-state index >= 15 is 0 Å². The Bertz CT molecular complexity index is 407. The van der Waals surface area contributed by atoms with E-state index in [1.165, 1.54) is 12.8 Å². The van der Waals surface area contributed by atoms with Crippen molar-refractivity contribution in [1.82, 2.24) is 5.32 Å². The molecule has 0 spiro atoms. The highest BCUT2D eigenvalue weighted by Crippen LogP contribution is 2.22. The monoisotopic (exact) mass is 297 g/mol. The molecule has 1 aromatic rings. The molecular weight excluding hydrogens is 274 g/mol. The molecule has 1 fully saturated rings. The van der Waals surface area contributed by atoms with Crippen LogP contribution >= 0.6 is 11.6 Å². The molecule has 0 amide bonds.